The minimum Gasteiger partial charge on any atom is -0.326 e. The number of nitrogens with one attached hydrogen (secondary N) is 2. The number of carbonyl (C=O) groups excluding carboxylic acids is 1. The quantitative estimate of drug-likeness (QED) is 0.759. The van der Waals surface area contributed by atoms with Crippen LogP contribution in [0.5, 0.6) is 0 Å². The second-order valence-electron chi connectivity index (χ2n) is 6.23. The van der Waals surface area contributed by atoms with Crippen LogP contribution in [0.1, 0.15) is 23.1 Å². The van der Waals surface area contributed by atoms with Crippen molar-refractivity contribution in [2.45, 2.75) is 26.7 Å². The van der Waals surface area contributed by atoms with Gasteiger partial charge < -0.3 is 10.3 Å². The fourth-order valence-electron chi connectivity index (χ4n) is 2.96. The maximum atomic E-state index is 13.1. The van der Waals surface area contributed by atoms with Crippen LogP contribution in [0.25, 0.3) is 10.9 Å². The largest absolute Gasteiger partial charge is 0.326 e. The Balaban J connectivity index is 1.75. The molecule has 0 aliphatic heterocycles. The number of H-pyrrole nitrogens is 1. The van der Waals surface area contributed by atoms with Gasteiger partial charge in [0.2, 0.25) is 5.91 Å². The highest BCUT2D eigenvalue weighted by Gasteiger charge is 2.09. The Labute approximate surface area is 144 Å². The van der Waals surface area contributed by atoms with Gasteiger partial charge in [0, 0.05) is 17.7 Å². The van der Waals surface area contributed by atoms with Gasteiger partial charge in [0.15, 0.2) is 0 Å². The molecule has 128 valence electrons. The first-order valence-corrected chi connectivity index (χ1v) is 8.11. The van der Waals surface area contributed by atoms with E-state index < -0.39 is 5.82 Å². The molecule has 1 heterocycles. The first-order valence-electron chi connectivity index (χ1n) is 8.11. The van der Waals surface area contributed by atoms with Crippen molar-refractivity contribution in [1.82, 2.24) is 4.98 Å². The van der Waals surface area contributed by atoms with Crippen molar-refractivity contribution in [3.63, 3.8) is 0 Å². The molecule has 25 heavy (non-hydrogen) atoms. The molecule has 0 fully saturated rings. The predicted molar refractivity (Wildman–Crippen MR) is 97.4 cm³/mol. The molecule has 0 saturated carbocycles. The molecule has 5 heteroatoms. The number of benzene rings is 2. The summed E-state index contributed by atoms with van der Waals surface area (Å²) in [6.45, 7) is 3.96. The van der Waals surface area contributed by atoms with Gasteiger partial charge in [0.25, 0.3) is 5.56 Å². The zero-order valence-electron chi connectivity index (χ0n) is 14.2. The molecule has 0 bridgehead atoms. The zero-order valence-corrected chi connectivity index (χ0v) is 14.2. The Kier molecular flexibility index (Phi) is 4.65. The number of pyridine rings is 1. The molecule has 4 nitrogen and oxygen atoms in total. The summed E-state index contributed by atoms with van der Waals surface area (Å²) in [6.07, 6.45) is 0.468. The highest BCUT2D eigenvalue weighted by Crippen LogP contribution is 2.18. The molecule has 3 aromatic rings. The number of aromatic nitrogens is 1. The van der Waals surface area contributed by atoms with Crippen LogP contribution < -0.4 is 10.9 Å². The molecular weight excluding hydrogens is 319 g/mol. The number of rotatable bonds is 4. The van der Waals surface area contributed by atoms with Gasteiger partial charge in [-0.1, -0.05) is 17.7 Å². The van der Waals surface area contributed by atoms with E-state index in [4.69, 9.17) is 0 Å². The lowest BCUT2D eigenvalue weighted by Gasteiger charge is -2.08. The normalized spacial score (nSPS) is 10.8. The molecular formula is C20H19FN2O2. The van der Waals surface area contributed by atoms with E-state index in [-0.39, 0.29) is 17.9 Å². The van der Waals surface area contributed by atoms with Gasteiger partial charge in [0.05, 0.1) is 5.52 Å². The van der Waals surface area contributed by atoms with Crippen LogP contribution in [0.4, 0.5) is 10.1 Å². The van der Waals surface area contributed by atoms with Gasteiger partial charge in [-0.15, -0.1) is 0 Å². The SMILES string of the molecule is Cc1cc(C)c2[nH]c(=O)c(CCC(=O)Nc3cccc(F)c3)cc2c1. The van der Waals surface area contributed by atoms with Crippen molar-refractivity contribution >= 4 is 22.5 Å². The van der Waals surface area contributed by atoms with E-state index in [0.717, 1.165) is 22.0 Å². The van der Waals surface area contributed by atoms with Crippen molar-refractivity contribution in [3.8, 4) is 0 Å². The molecule has 1 aromatic heterocycles. The molecule has 0 aliphatic carbocycles. The Hall–Kier alpha value is -2.95. The van der Waals surface area contributed by atoms with Crippen molar-refractivity contribution in [1.29, 1.82) is 0 Å². The van der Waals surface area contributed by atoms with Crippen molar-refractivity contribution in [3.05, 3.63) is 75.3 Å². The zero-order chi connectivity index (χ0) is 18.0. The van der Waals surface area contributed by atoms with E-state index in [0.29, 0.717) is 17.7 Å². The molecule has 0 spiro atoms. The van der Waals surface area contributed by atoms with Crippen LogP contribution in [0.3, 0.4) is 0 Å². The first kappa shape index (κ1) is 16.9. The lowest BCUT2D eigenvalue weighted by molar-refractivity contribution is -0.116. The minimum absolute atomic E-state index is 0.149. The van der Waals surface area contributed by atoms with Gasteiger partial charge in [-0.25, -0.2) is 4.39 Å². The maximum absolute atomic E-state index is 13.1. The summed E-state index contributed by atoms with van der Waals surface area (Å²) in [4.78, 5) is 27.2. The average molecular weight is 338 g/mol. The van der Waals surface area contributed by atoms with Crippen molar-refractivity contribution in [2.24, 2.45) is 0 Å². The van der Waals surface area contributed by atoms with Crippen LogP contribution in [0.2, 0.25) is 0 Å². The average Bonchev–Trinajstić information content (AvgIpc) is 2.54. The fraction of sp³-hybridized carbons (Fsp3) is 0.200. The standard InChI is InChI=1S/C20H19FN2O2/c1-12-8-13(2)19-15(9-12)10-14(20(25)23-19)6-7-18(24)22-17-5-3-4-16(21)11-17/h3-5,8-11H,6-7H2,1-2H3,(H,22,24)(H,23,25). The predicted octanol–water partition coefficient (Wildman–Crippen LogP) is 3.86. The van der Waals surface area contributed by atoms with Crippen LogP contribution >= 0.6 is 0 Å². The lowest BCUT2D eigenvalue weighted by Crippen LogP contribution is -2.17. The number of carbonyl (C=O) groups is 1. The maximum Gasteiger partial charge on any atom is 0.251 e. The number of aryl methyl sites for hydroxylation is 3. The molecule has 2 aromatic carbocycles. The molecule has 2 N–H and O–H groups in total. The Bertz CT molecular complexity index is 1010. The lowest BCUT2D eigenvalue weighted by atomic mass is 10.0. The van der Waals surface area contributed by atoms with E-state index in [1.54, 1.807) is 6.07 Å². The molecule has 0 aliphatic rings. The van der Waals surface area contributed by atoms with Crippen molar-refractivity contribution < 1.29 is 9.18 Å². The Morgan fingerprint density at radius 2 is 1.96 bits per heavy atom. The number of hydrogen-bond acceptors (Lipinski definition) is 2. The topological polar surface area (TPSA) is 62.0 Å². The van der Waals surface area contributed by atoms with E-state index >= 15 is 0 Å². The number of fused-ring (bicyclic) bond motifs is 1. The second-order valence-corrected chi connectivity index (χ2v) is 6.23. The first-order chi connectivity index (χ1) is 11.9. The minimum atomic E-state index is -0.408. The Morgan fingerprint density at radius 3 is 2.72 bits per heavy atom. The van der Waals surface area contributed by atoms with Gasteiger partial charge in [-0.2, -0.15) is 0 Å². The van der Waals surface area contributed by atoms with Crippen LogP contribution in [0.15, 0.2) is 47.3 Å². The summed E-state index contributed by atoms with van der Waals surface area (Å²) in [5.41, 5.74) is 3.74. The molecule has 0 unspecified atom stereocenters. The van der Waals surface area contributed by atoms with Gasteiger partial charge in [0.1, 0.15) is 5.82 Å². The van der Waals surface area contributed by atoms with Gasteiger partial charge >= 0.3 is 0 Å². The second kappa shape index (κ2) is 6.89. The number of halogens is 1. The fourth-order valence-corrected chi connectivity index (χ4v) is 2.96. The van der Waals surface area contributed by atoms with E-state index in [1.165, 1.54) is 18.2 Å². The van der Waals surface area contributed by atoms with Gasteiger partial charge in [-0.3, -0.25) is 9.59 Å². The monoisotopic (exact) mass is 338 g/mol. The summed E-state index contributed by atoms with van der Waals surface area (Å²) in [7, 11) is 0. The molecule has 1 amide bonds. The number of anilines is 1. The summed E-state index contributed by atoms with van der Waals surface area (Å²) >= 11 is 0. The summed E-state index contributed by atoms with van der Waals surface area (Å²) in [5.74, 6) is -0.667. The van der Waals surface area contributed by atoms with E-state index in [9.17, 15) is 14.0 Å². The highest BCUT2D eigenvalue weighted by molar-refractivity contribution is 5.91. The van der Waals surface area contributed by atoms with Crippen LogP contribution in [-0.2, 0) is 11.2 Å². The van der Waals surface area contributed by atoms with Gasteiger partial charge in [-0.05, 0) is 61.5 Å². The van der Waals surface area contributed by atoms with Crippen LogP contribution in [0, 0.1) is 19.7 Å². The highest BCUT2D eigenvalue weighted by atomic mass is 19.1. The third kappa shape index (κ3) is 3.94. The molecule has 3 rings (SSSR count). The smallest absolute Gasteiger partial charge is 0.251 e. The number of amides is 1. The van der Waals surface area contributed by atoms with Crippen LogP contribution in [-0.4, -0.2) is 10.9 Å². The van der Waals surface area contributed by atoms with Crippen molar-refractivity contribution in [2.75, 3.05) is 5.32 Å². The number of aromatic amines is 1. The summed E-state index contributed by atoms with van der Waals surface area (Å²) in [6, 6.07) is 11.6. The summed E-state index contributed by atoms with van der Waals surface area (Å²) in [5, 5.41) is 3.59. The van der Waals surface area contributed by atoms with E-state index in [1.807, 2.05) is 32.0 Å². The third-order valence-corrected chi connectivity index (χ3v) is 4.10. The molecule has 0 radical (unpaired) electrons. The third-order valence-electron chi connectivity index (χ3n) is 4.10. The number of hydrogen-bond donors (Lipinski definition) is 2. The molecule has 0 atom stereocenters. The Morgan fingerprint density at radius 1 is 1.16 bits per heavy atom. The van der Waals surface area contributed by atoms with E-state index in [2.05, 4.69) is 10.3 Å². The summed E-state index contributed by atoms with van der Waals surface area (Å²) < 4.78 is 13.1. The molecule has 0 saturated heterocycles.